The molecule has 0 aromatic rings. The van der Waals surface area contributed by atoms with Crippen LogP contribution in [0.25, 0.3) is 0 Å². The molecule has 0 amide bonds. The smallest absolute Gasteiger partial charge is 0.0610 e. The summed E-state index contributed by atoms with van der Waals surface area (Å²) >= 11 is 0. The summed E-state index contributed by atoms with van der Waals surface area (Å²) in [4.78, 5) is 0. The lowest BCUT2D eigenvalue weighted by Crippen LogP contribution is -2.49. The van der Waals surface area contributed by atoms with E-state index in [1.807, 2.05) is 0 Å². The monoisotopic (exact) mass is 285 g/mol. The first-order chi connectivity index (χ1) is 9.34. The van der Waals surface area contributed by atoms with Crippen LogP contribution in [0.2, 0.25) is 0 Å². The molecule has 1 aliphatic rings. The largest absolute Gasteiger partial charge is 0.394 e. The molecule has 3 nitrogen and oxygen atoms in total. The zero-order chi connectivity index (χ0) is 15.2. The van der Waals surface area contributed by atoms with Crippen LogP contribution in [0.4, 0.5) is 0 Å². The molecule has 3 heteroatoms. The molecule has 3 atom stereocenters. The molecule has 0 aromatic heterocycles. The van der Waals surface area contributed by atoms with E-state index in [1.54, 1.807) is 0 Å². The van der Waals surface area contributed by atoms with Gasteiger partial charge in [0, 0.05) is 18.2 Å². The third kappa shape index (κ3) is 6.55. The van der Waals surface area contributed by atoms with Gasteiger partial charge in [-0.15, -0.1) is 0 Å². The maximum atomic E-state index is 9.55. The van der Waals surface area contributed by atoms with Crippen molar-refractivity contribution in [2.24, 2.45) is 11.8 Å². The van der Waals surface area contributed by atoms with Crippen LogP contribution in [0.3, 0.4) is 0 Å². The van der Waals surface area contributed by atoms with E-state index >= 15 is 0 Å². The maximum Gasteiger partial charge on any atom is 0.0610 e. The summed E-state index contributed by atoms with van der Waals surface area (Å²) in [6, 6.07) is 0.396. The third-order valence-corrected chi connectivity index (χ3v) is 4.35. The molecule has 0 spiro atoms. The first kappa shape index (κ1) is 17.9. The fourth-order valence-electron chi connectivity index (χ4n) is 3.62. The van der Waals surface area contributed by atoms with Crippen LogP contribution in [0.5, 0.6) is 0 Å². The van der Waals surface area contributed by atoms with Gasteiger partial charge in [-0.2, -0.15) is 0 Å². The molecular formula is C17H35NO2. The van der Waals surface area contributed by atoms with E-state index in [9.17, 15) is 5.11 Å². The quantitative estimate of drug-likeness (QED) is 0.672. The fraction of sp³-hybridized carbons (Fsp3) is 1.00. The van der Waals surface area contributed by atoms with Gasteiger partial charge in [0.05, 0.1) is 12.7 Å². The Morgan fingerprint density at radius 2 is 1.80 bits per heavy atom. The normalized spacial score (nSPS) is 30.4. The number of hydrogen-bond acceptors (Lipinski definition) is 3. The first-order valence-electron chi connectivity index (χ1n) is 8.35. The molecule has 0 bridgehead atoms. The van der Waals surface area contributed by atoms with E-state index in [0.29, 0.717) is 12.1 Å². The summed E-state index contributed by atoms with van der Waals surface area (Å²) in [7, 11) is 0. The van der Waals surface area contributed by atoms with Crippen LogP contribution in [-0.2, 0) is 4.74 Å². The number of aliphatic hydroxyl groups excluding tert-OH is 1. The molecule has 2 N–H and O–H groups in total. The van der Waals surface area contributed by atoms with Crippen LogP contribution in [0.15, 0.2) is 0 Å². The number of aliphatic hydroxyl groups is 1. The highest BCUT2D eigenvalue weighted by Gasteiger charge is 2.26. The zero-order valence-electron chi connectivity index (χ0n) is 14.1. The fourth-order valence-corrected chi connectivity index (χ4v) is 3.62. The second kappa shape index (κ2) is 8.35. The Balaban J connectivity index is 2.23. The topological polar surface area (TPSA) is 41.5 Å². The second-order valence-electron chi connectivity index (χ2n) is 7.53. The minimum absolute atomic E-state index is 0.176. The Kier molecular flexibility index (Phi) is 7.49. The number of rotatable bonds is 8. The highest BCUT2D eigenvalue weighted by atomic mass is 16.5. The van der Waals surface area contributed by atoms with Gasteiger partial charge in [0.15, 0.2) is 0 Å². The van der Waals surface area contributed by atoms with E-state index in [4.69, 9.17) is 4.74 Å². The van der Waals surface area contributed by atoms with Crippen molar-refractivity contribution >= 4 is 0 Å². The highest BCUT2D eigenvalue weighted by Crippen LogP contribution is 2.30. The van der Waals surface area contributed by atoms with Crippen molar-refractivity contribution in [1.82, 2.24) is 5.32 Å². The van der Waals surface area contributed by atoms with Crippen molar-refractivity contribution in [1.29, 1.82) is 0 Å². The van der Waals surface area contributed by atoms with Crippen LogP contribution < -0.4 is 5.32 Å². The average molecular weight is 285 g/mol. The van der Waals surface area contributed by atoms with Crippen LogP contribution in [-0.4, -0.2) is 36.0 Å². The number of hydrogen-bond donors (Lipinski definition) is 2. The van der Waals surface area contributed by atoms with Gasteiger partial charge >= 0.3 is 0 Å². The summed E-state index contributed by atoms with van der Waals surface area (Å²) in [6.07, 6.45) is 6.20. The lowest BCUT2D eigenvalue weighted by molar-refractivity contribution is -0.00373. The van der Waals surface area contributed by atoms with Crippen molar-refractivity contribution in [2.45, 2.75) is 84.4 Å². The minimum Gasteiger partial charge on any atom is -0.394 e. The maximum absolute atomic E-state index is 9.55. The highest BCUT2D eigenvalue weighted by molar-refractivity contribution is 4.83. The second-order valence-corrected chi connectivity index (χ2v) is 7.53. The van der Waals surface area contributed by atoms with Gasteiger partial charge in [-0.25, -0.2) is 0 Å². The lowest BCUT2D eigenvalue weighted by Gasteiger charge is -2.33. The summed E-state index contributed by atoms with van der Waals surface area (Å²) in [6.45, 7) is 12.0. The minimum atomic E-state index is -0.176. The average Bonchev–Trinajstić information content (AvgIpc) is 2.33. The Bertz CT molecular complexity index is 260. The van der Waals surface area contributed by atoms with E-state index in [0.717, 1.165) is 31.3 Å². The molecule has 1 rings (SSSR count). The van der Waals surface area contributed by atoms with Crippen LogP contribution in [0.1, 0.15) is 66.7 Å². The predicted octanol–water partition coefficient (Wildman–Crippen LogP) is 3.36. The van der Waals surface area contributed by atoms with Gasteiger partial charge in [0.1, 0.15) is 0 Å². The summed E-state index contributed by atoms with van der Waals surface area (Å²) in [5, 5.41) is 13.0. The molecule has 1 fully saturated rings. The van der Waals surface area contributed by atoms with Gasteiger partial charge in [0.2, 0.25) is 0 Å². The van der Waals surface area contributed by atoms with Crippen molar-refractivity contribution in [3.05, 3.63) is 0 Å². The summed E-state index contributed by atoms with van der Waals surface area (Å²) in [5.74, 6) is 1.60. The summed E-state index contributed by atoms with van der Waals surface area (Å²) in [5.41, 5.74) is -0.176. The van der Waals surface area contributed by atoms with Crippen LogP contribution >= 0.6 is 0 Å². The number of ether oxygens (including phenoxy) is 1. The predicted molar refractivity (Wildman–Crippen MR) is 84.9 cm³/mol. The number of nitrogens with one attached hydrogen (secondary N) is 1. The zero-order valence-corrected chi connectivity index (χ0v) is 14.1. The van der Waals surface area contributed by atoms with Crippen molar-refractivity contribution < 1.29 is 9.84 Å². The van der Waals surface area contributed by atoms with E-state index in [1.165, 1.54) is 19.3 Å². The molecule has 0 heterocycles. The molecule has 0 radical (unpaired) electrons. The first-order valence-corrected chi connectivity index (χ1v) is 8.35. The van der Waals surface area contributed by atoms with E-state index in [2.05, 4.69) is 39.9 Å². The molecule has 1 aliphatic carbocycles. The molecule has 0 saturated heterocycles. The molecule has 20 heavy (non-hydrogen) atoms. The van der Waals surface area contributed by atoms with Gasteiger partial charge in [-0.1, -0.05) is 27.7 Å². The molecular weight excluding hydrogens is 250 g/mol. The Hall–Kier alpha value is -0.120. The molecule has 3 unspecified atom stereocenters. The van der Waals surface area contributed by atoms with Crippen molar-refractivity contribution in [3.63, 3.8) is 0 Å². The molecule has 0 aromatic carbocycles. The Morgan fingerprint density at radius 1 is 1.20 bits per heavy atom. The van der Waals surface area contributed by atoms with Gasteiger partial charge in [-0.05, 0) is 50.9 Å². The van der Waals surface area contributed by atoms with Crippen LogP contribution in [0, 0.1) is 11.8 Å². The summed E-state index contributed by atoms with van der Waals surface area (Å²) < 4.78 is 6.06. The Labute approximate surface area is 125 Å². The van der Waals surface area contributed by atoms with Gasteiger partial charge in [-0.3, -0.25) is 0 Å². The third-order valence-electron chi connectivity index (χ3n) is 4.35. The van der Waals surface area contributed by atoms with Crippen molar-refractivity contribution in [3.8, 4) is 0 Å². The standard InChI is InChI=1S/C17H35NO2/c1-13(2)18-17(5,12-19)7-6-8-20-16-10-14(3)9-15(4)11-16/h13-16,18-19H,6-12H2,1-5H3. The SMILES string of the molecule is CC1CC(C)CC(OCCCC(C)(CO)NC(C)C)C1. The molecule has 1 saturated carbocycles. The van der Waals surface area contributed by atoms with Gasteiger partial charge in [0.25, 0.3) is 0 Å². The molecule has 0 aliphatic heterocycles. The van der Waals surface area contributed by atoms with Gasteiger partial charge < -0.3 is 15.2 Å². The van der Waals surface area contributed by atoms with E-state index in [-0.39, 0.29) is 12.1 Å². The van der Waals surface area contributed by atoms with Crippen molar-refractivity contribution in [2.75, 3.05) is 13.2 Å². The molecule has 120 valence electrons. The lowest BCUT2D eigenvalue weighted by atomic mass is 9.82. The van der Waals surface area contributed by atoms with E-state index < -0.39 is 0 Å². The Morgan fingerprint density at radius 3 is 2.30 bits per heavy atom.